The molecule has 1 atom stereocenters. The van der Waals surface area contributed by atoms with Crippen LogP contribution in [0.3, 0.4) is 0 Å². The van der Waals surface area contributed by atoms with Gasteiger partial charge < -0.3 is 9.80 Å². The number of halogens is 1. The predicted octanol–water partition coefficient (Wildman–Crippen LogP) is 3.34. The molecule has 5 nitrogen and oxygen atoms in total. The third kappa shape index (κ3) is 4.79. The first-order valence-corrected chi connectivity index (χ1v) is 10.3. The number of hydrogen-bond donors (Lipinski definition) is 0. The van der Waals surface area contributed by atoms with Gasteiger partial charge in [0, 0.05) is 39.0 Å². The van der Waals surface area contributed by atoms with Crippen molar-refractivity contribution in [2.75, 3.05) is 20.1 Å². The second-order valence-electron chi connectivity index (χ2n) is 7.81. The number of nitrogens with zero attached hydrogens (tertiary/aromatic N) is 3. The van der Waals surface area contributed by atoms with Crippen molar-refractivity contribution in [1.82, 2.24) is 14.8 Å². The molecule has 1 aromatic heterocycles. The van der Waals surface area contributed by atoms with Crippen LogP contribution in [-0.4, -0.2) is 52.8 Å². The lowest BCUT2D eigenvalue weighted by atomic mass is 9.97. The maximum absolute atomic E-state index is 13.5. The Morgan fingerprint density at radius 3 is 2.52 bits per heavy atom. The summed E-state index contributed by atoms with van der Waals surface area (Å²) in [4.78, 5) is 33.4. The average Bonchev–Trinajstić information content (AvgIpc) is 2.78. The highest BCUT2D eigenvalue weighted by atomic mass is 19.1. The molecule has 31 heavy (non-hydrogen) atoms. The van der Waals surface area contributed by atoms with E-state index < -0.39 is 6.04 Å². The van der Waals surface area contributed by atoms with Crippen molar-refractivity contribution in [3.63, 3.8) is 0 Å². The van der Waals surface area contributed by atoms with Crippen LogP contribution in [0.2, 0.25) is 0 Å². The van der Waals surface area contributed by atoms with E-state index in [9.17, 15) is 14.0 Å². The van der Waals surface area contributed by atoms with Gasteiger partial charge in [0.1, 0.15) is 11.9 Å². The second-order valence-corrected chi connectivity index (χ2v) is 7.81. The summed E-state index contributed by atoms with van der Waals surface area (Å²) in [6.45, 7) is 0.951. The van der Waals surface area contributed by atoms with Gasteiger partial charge in [-0.3, -0.25) is 14.6 Å². The van der Waals surface area contributed by atoms with Crippen LogP contribution in [0, 0.1) is 5.82 Å². The van der Waals surface area contributed by atoms with Crippen LogP contribution in [0.4, 0.5) is 4.39 Å². The lowest BCUT2D eigenvalue weighted by molar-refractivity contribution is -0.149. The summed E-state index contributed by atoms with van der Waals surface area (Å²) in [5, 5.41) is 0. The van der Waals surface area contributed by atoms with Crippen molar-refractivity contribution in [3.8, 4) is 11.1 Å². The molecule has 0 aliphatic carbocycles. The van der Waals surface area contributed by atoms with Gasteiger partial charge in [0.2, 0.25) is 11.8 Å². The van der Waals surface area contributed by atoms with E-state index in [1.807, 2.05) is 36.4 Å². The highest BCUT2D eigenvalue weighted by molar-refractivity contribution is 5.89. The molecule has 3 aromatic rings. The molecule has 4 rings (SSSR count). The third-order valence-corrected chi connectivity index (χ3v) is 5.65. The number of carbonyl (C=O) groups is 2. The number of amides is 2. The fourth-order valence-electron chi connectivity index (χ4n) is 3.98. The van der Waals surface area contributed by atoms with Crippen molar-refractivity contribution < 1.29 is 14.0 Å². The van der Waals surface area contributed by atoms with Crippen LogP contribution in [-0.2, 0) is 22.4 Å². The Bertz CT molecular complexity index is 1090. The second kappa shape index (κ2) is 9.08. The average molecular weight is 417 g/mol. The number of rotatable bonds is 5. The monoisotopic (exact) mass is 417 g/mol. The van der Waals surface area contributed by atoms with Crippen molar-refractivity contribution in [1.29, 1.82) is 0 Å². The first-order valence-electron chi connectivity index (χ1n) is 10.3. The van der Waals surface area contributed by atoms with E-state index in [0.29, 0.717) is 25.1 Å². The third-order valence-electron chi connectivity index (χ3n) is 5.65. The van der Waals surface area contributed by atoms with E-state index in [1.165, 1.54) is 12.1 Å². The van der Waals surface area contributed by atoms with Crippen LogP contribution in [0.25, 0.3) is 11.1 Å². The van der Waals surface area contributed by atoms with E-state index >= 15 is 0 Å². The van der Waals surface area contributed by atoms with Gasteiger partial charge in [-0.05, 0) is 46.5 Å². The van der Waals surface area contributed by atoms with Crippen molar-refractivity contribution in [2.45, 2.75) is 18.9 Å². The summed E-state index contributed by atoms with van der Waals surface area (Å²) in [6.07, 6.45) is 3.99. The number of pyridine rings is 1. The van der Waals surface area contributed by atoms with Crippen molar-refractivity contribution in [2.24, 2.45) is 0 Å². The highest BCUT2D eigenvalue weighted by Gasteiger charge is 2.35. The molecule has 2 amide bonds. The lowest BCUT2D eigenvalue weighted by Crippen LogP contribution is -2.58. The van der Waals surface area contributed by atoms with E-state index in [4.69, 9.17) is 0 Å². The molecule has 0 bridgehead atoms. The lowest BCUT2D eigenvalue weighted by Gasteiger charge is -2.39. The highest BCUT2D eigenvalue weighted by Crippen LogP contribution is 2.23. The van der Waals surface area contributed by atoms with Crippen LogP contribution < -0.4 is 0 Å². The van der Waals surface area contributed by atoms with Crippen molar-refractivity contribution in [3.05, 3.63) is 90.0 Å². The molecule has 2 heterocycles. The summed E-state index contributed by atoms with van der Waals surface area (Å²) >= 11 is 0. The van der Waals surface area contributed by atoms with E-state index in [1.54, 1.807) is 41.4 Å². The van der Waals surface area contributed by atoms with Gasteiger partial charge in [0.05, 0.1) is 6.42 Å². The zero-order valence-corrected chi connectivity index (χ0v) is 17.4. The van der Waals surface area contributed by atoms with Gasteiger partial charge in [0.15, 0.2) is 0 Å². The number of likely N-dealkylation sites (N-methyl/N-ethyl adjacent to an activating group) is 1. The molecule has 158 valence electrons. The molecule has 0 spiro atoms. The molecule has 0 N–H and O–H groups in total. The Labute approximate surface area is 181 Å². The molecule has 1 fully saturated rings. The molecule has 6 heteroatoms. The Morgan fingerprint density at radius 2 is 1.74 bits per heavy atom. The Balaban J connectivity index is 1.56. The molecule has 1 aliphatic rings. The van der Waals surface area contributed by atoms with Gasteiger partial charge in [0.25, 0.3) is 0 Å². The maximum Gasteiger partial charge on any atom is 0.245 e. The van der Waals surface area contributed by atoms with Crippen LogP contribution >= 0.6 is 0 Å². The molecule has 1 saturated heterocycles. The van der Waals surface area contributed by atoms with Crippen LogP contribution in [0.5, 0.6) is 0 Å². The van der Waals surface area contributed by atoms with Crippen LogP contribution in [0.15, 0.2) is 73.1 Å². The maximum atomic E-state index is 13.5. The first-order chi connectivity index (χ1) is 15.0. The number of aromatic nitrogens is 1. The minimum atomic E-state index is -0.576. The topological polar surface area (TPSA) is 53.5 Å². The van der Waals surface area contributed by atoms with Gasteiger partial charge in [-0.2, -0.15) is 0 Å². The van der Waals surface area contributed by atoms with E-state index in [-0.39, 0.29) is 24.1 Å². The summed E-state index contributed by atoms with van der Waals surface area (Å²) in [5.41, 5.74) is 3.67. The molecule has 2 aromatic carbocycles. The minimum Gasteiger partial charge on any atom is -0.342 e. The predicted molar refractivity (Wildman–Crippen MR) is 117 cm³/mol. The smallest absolute Gasteiger partial charge is 0.245 e. The molecule has 0 unspecified atom stereocenters. The zero-order valence-electron chi connectivity index (χ0n) is 17.4. The summed E-state index contributed by atoms with van der Waals surface area (Å²) in [5.74, 6) is -0.611. The zero-order chi connectivity index (χ0) is 21.8. The molecular formula is C25H24FN3O2. The number of carbonyl (C=O) groups excluding carboxylic acids is 2. The molecule has 0 radical (unpaired) electrons. The Kier molecular flexibility index (Phi) is 6.07. The number of benzene rings is 2. The Hall–Kier alpha value is -3.54. The first kappa shape index (κ1) is 20.7. The van der Waals surface area contributed by atoms with Gasteiger partial charge >= 0.3 is 0 Å². The molecule has 1 aliphatic heterocycles. The van der Waals surface area contributed by atoms with Crippen LogP contribution in [0.1, 0.15) is 11.1 Å². The number of piperazine rings is 1. The largest absolute Gasteiger partial charge is 0.342 e. The quantitative estimate of drug-likeness (QED) is 0.640. The Morgan fingerprint density at radius 1 is 1.00 bits per heavy atom. The van der Waals surface area contributed by atoms with Gasteiger partial charge in [-0.25, -0.2) is 4.39 Å². The van der Waals surface area contributed by atoms with Crippen molar-refractivity contribution >= 4 is 11.8 Å². The molecule has 0 saturated carbocycles. The number of hydrogen-bond acceptors (Lipinski definition) is 3. The van der Waals surface area contributed by atoms with E-state index in [2.05, 4.69) is 4.98 Å². The van der Waals surface area contributed by atoms with E-state index in [0.717, 1.165) is 16.7 Å². The SMILES string of the molecule is CN1CCN(C(=O)Cc2cccc(F)c2)[C@H](Cc2cccc(-c3ccncc3)c2)C1=O. The summed E-state index contributed by atoms with van der Waals surface area (Å²) < 4.78 is 13.5. The summed E-state index contributed by atoms with van der Waals surface area (Å²) in [6, 6.07) is 17.3. The normalized spacial score (nSPS) is 16.5. The fourth-order valence-corrected chi connectivity index (χ4v) is 3.98. The minimum absolute atomic E-state index is 0.0717. The summed E-state index contributed by atoms with van der Waals surface area (Å²) in [7, 11) is 1.76. The van der Waals surface area contributed by atoms with Gasteiger partial charge in [-0.1, -0.05) is 36.4 Å². The fraction of sp³-hybridized carbons (Fsp3) is 0.240. The van der Waals surface area contributed by atoms with Gasteiger partial charge in [-0.15, -0.1) is 0 Å². The standard InChI is InChI=1S/C25H24FN3O2/c1-28-12-13-29(24(30)17-19-5-3-7-22(26)15-19)23(25(28)31)16-18-4-2-6-21(14-18)20-8-10-27-11-9-20/h2-11,14-15,23H,12-13,16-17H2,1H3/t23-/m1/s1. The molecular weight excluding hydrogens is 393 g/mol.